The Morgan fingerprint density at radius 3 is 2.20 bits per heavy atom. The molecule has 0 radical (unpaired) electrons. The molecule has 6 aromatic rings. The molecule has 4 aliphatic heterocycles. The van der Waals surface area contributed by atoms with Gasteiger partial charge in [0.25, 0.3) is 0 Å². The number of carbonyl (C=O) groups is 3. The van der Waals surface area contributed by atoms with Gasteiger partial charge in [-0.05, 0) is 107 Å². The Hall–Kier alpha value is -6.98. The van der Waals surface area contributed by atoms with E-state index in [-0.39, 0.29) is 53.7 Å². The number of thiazole rings is 1. The minimum atomic E-state index is -0.531. The van der Waals surface area contributed by atoms with Crippen molar-refractivity contribution in [1.82, 2.24) is 40.3 Å². The maximum absolute atomic E-state index is 14.4. The number of nitrogens with one attached hydrogen (secondary N) is 2. The molecule has 0 spiro atoms. The van der Waals surface area contributed by atoms with Gasteiger partial charge >= 0.3 is 6.01 Å². The quantitative estimate of drug-likeness (QED) is 0.0310. The number of likely N-dealkylation sites (tertiary alicyclic amines) is 2. The first kappa shape index (κ1) is 64.5. The highest BCUT2D eigenvalue weighted by molar-refractivity contribution is 7.10. The summed E-state index contributed by atoms with van der Waals surface area (Å²) >= 11 is 1.60. The maximum Gasteiger partial charge on any atom is 0.318 e. The van der Waals surface area contributed by atoms with Crippen molar-refractivity contribution in [3.8, 4) is 28.8 Å². The van der Waals surface area contributed by atoms with E-state index in [9.17, 15) is 19.5 Å². The second-order valence-electron chi connectivity index (χ2n) is 24.4. The molecular weight excluding hydrogens is 1160 g/mol. The summed E-state index contributed by atoms with van der Waals surface area (Å²) in [7, 11) is 1.77. The van der Waals surface area contributed by atoms with Gasteiger partial charge in [-0.2, -0.15) is 9.97 Å². The van der Waals surface area contributed by atoms with Gasteiger partial charge in [-0.1, -0.05) is 74.4 Å². The highest BCUT2D eigenvalue weighted by atomic mass is 32.1. The topological polar surface area (TPSA) is 206 Å². The molecule has 11 rings (SSSR count). The number of likely N-dealkylation sites (N-methyl/N-ethyl adjacent to an activating group) is 1. The van der Waals surface area contributed by atoms with Gasteiger partial charge in [0, 0.05) is 97.9 Å². The fraction of sp³-hybridized carbons (Fsp3) is 0.536. The summed E-state index contributed by atoms with van der Waals surface area (Å²) in [6, 6.07) is 23.4. The van der Waals surface area contributed by atoms with Crippen LogP contribution in [0.25, 0.3) is 32.8 Å². The zero-order valence-electron chi connectivity index (χ0n) is 52.7. The number of anilines is 2. The van der Waals surface area contributed by atoms with E-state index in [2.05, 4.69) is 68.5 Å². The minimum absolute atomic E-state index is 0.0161. The molecule has 20 nitrogen and oxygen atoms in total. The van der Waals surface area contributed by atoms with Gasteiger partial charge in [-0.15, -0.1) is 11.3 Å². The molecule has 4 atom stereocenters. The third-order valence-electron chi connectivity index (χ3n) is 18.4. The van der Waals surface area contributed by atoms with E-state index < -0.39 is 6.04 Å². The lowest BCUT2D eigenvalue weighted by atomic mass is 9.83. The Kier molecular flexibility index (Phi) is 22.5. The Balaban J connectivity index is 0.567. The van der Waals surface area contributed by atoms with E-state index in [1.54, 1.807) is 24.5 Å². The van der Waals surface area contributed by atoms with Crippen LogP contribution in [0.2, 0.25) is 0 Å². The predicted molar refractivity (Wildman–Crippen MR) is 351 cm³/mol. The maximum atomic E-state index is 14.4. The van der Waals surface area contributed by atoms with Gasteiger partial charge in [0.05, 0.1) is 82.4 Å². The van der Waals surface area contributed by atoms with E-state index in [0.29, 0.717) is 98.1 Å². The van der Waals surface area contributed by atoms with Crippen LogP contribution >= 0.6 is 11.3 Å². The molecule has 90 heavy (non-hydrogen) atoms. The van der Waals surface area contributed by atoms with E-state index in [1.807, 2.05) is 59.2 Å². The Morgan fingerprint density at radius 2 is 1.46 bits per heavy atom. The van der Waals surface area contributed by atoms with Gasteiger partial charge in [0.1, 0.15) is 41.1 Å². The largest absolute Gasteiger partial charge is 0.508 e. The molecule has 3 amide bonds. The zero-order valence-corrected chi connectivity index (χ0v) is 53.5. The summed E-state index contributed by atoms with van der Waals surface area (Å²) < 4.78 is 36.6. The van der Waals surface area contributed by atoms with Crippen molar-refractivity contribution >= 4 is 62.1 Å². The number of ether oxygens (including phenoxy) is 6. The normalized spacial score (nSPS) is 18.8. The third-order valence-corrected chi connectivity index (χ3v) is 19.4. The molecule has 4 aromatic carbocycles. The first-order valence-electron chi connectivity index (χ1n) is 32.7. The monoisotopic (exact) mass is 1250 g/mol. The number of nitrogens with zero attached hydrogens (tertiary/aromatic N) is 8. The number of aromatic nitrogens is 3. The molecule has 1 aliphatic carbocycles. The van der Waals surface area contributed by atoms with E-state index >= 15 is 0 Å². The van der Waals surface area contributed by atoms with Crippen LogP contribution in [-0.2, 0) is 46.3 Å². The van der Waals surface area contributed by atoms with Gasteiger partial charge in [0.2, 0.25) is 17.7 Å². The summed E-state index contributed by atoms with van der Waals surface area (Å²) in [6.07, 6.45) is 10.9. The van der Waals surface area contributed by atoms with Crippen LogP contribution in [-0.4, -0.2) is 196 Å². The third kappa shape index (κ3) is 16.0. The fourth-order valence-corrected chi connectivity index (χ4v) is 14.5. The molecule has 3 N–H and O–H groups in total. The molecular formula is C69H90N10O10S. The number of benzene rings is 4. The summed E-state index contributed by atoms with van der Waals surface area (Å²) in [4.78, 5) is 66.0. The van der Waals surface area contributed by atoms with E-state index in [0.717, 1.165) is 150 Å². The van der Waals surface area contributed by atoms with Gasteiger partial charge in [-0.25, -0.2) is 4.98 Å². The second-order valence-corrected chi connectivity index (χ2v) is 25.3. The van der Waals surface area contributed by atoms with Crippen molar-refractivity contribution in [1.29, 1.82) is 0 Å². The molecule has 21 heteroatoms. The predicted octanol–water partition coefficient (Wildman–Crippen LogP) is 8.72. The number of phenols is 1. The highest BCUT2D eigenvalue weighted by Crippen LogP contribution is 2.41. The average Bonchev–Trinajstić information content (AvgIpc) is 1.09. The number of hydrogen-bond acceptors (Lipinski definition) is 18. The molecule has 0 bridgehead atoms. The van der Waals surface area contributed by atoms with E-state index in [4.69, 9.17) is 43.4 Å². The Bertz CT molecular complexity index is 3380. The van der Waals surface area contributed by atoms with Crippen molar-refractivity contribution < 1.29 is 47.9 Å². The van der Waals surface area contributed by atoms with Gasteiger partial charge in [0.15, 0.2) is 0 Å². The van der Waals surface area contributed by atoms with Crippen LogP contribution in [0, 0.1) is 5.92 Å². The lowest BCUT2D eigenvalue weighted by Crippen LogP contribution is -2.55. The lowest BCUT2D eigenvalue weighted by Gasteiger charge is -2.38. The Labute approximate surface area is 533 Å². The number of fused-ring (bicyclic) bond motifs is 3. The molecule has 3 saturated heterocycles. The van der Waals surface area contributed by atoms with Gasteiger partial charge in [-0.3, -0.25) is 19.3 Å². The van der Waals surface area contributed by atoms with E-state index in [1.165, 1.54) is 12.5 Å². The molecule has 6 heterocycles. The number of rotatable bonds is 28. The summed E-state index contributed by atoms with van der Waals surface area (Å²) in [5.74, 6) is 1.84. The summed E-state index contributed by atoms with van der Waals surface area (Å²) in [6.45, 7) is 18.2. The van der Waals surface area contributed by atoms with Crippen LogP contribution in [0.4, 0.5) is 11.5 Å². The van der Waals surface area contributed by atoms with Crippen LogP contribution in [0.15, 0.2) is 90.8 Å². The fourth-order valence-electron chi connectivity index (χ4n) is 13.5. The summed E-state index contributed by atoms with van der Waals surface area (Å²) in [5.41, 5.74) is 4.87. The van der Waals surface area contributed by atoms with Crippen molar-refractivity contribution in [3.63, 3.8) is 0 Å². The highest BCUT2D eigenvalue weighted by Gasteiger charge is 2.40. The average molecular weight is 1250 g/mol. The van der Waals surface area contributed by atoms with Crippen LogP contribution in [0.3, 0.4) is 0 Å². The molecule has 2 aromatic heterocycles. The Morgan fingerprint density at radius 1 is 0.744 bits per heavy atom. The SMILES string of the molecule is C=CC(=O)N1CCN(c2nc(O[C@H](C)CN3CCC(OCCOCCOCCOCCOc4ccc(-c5csc([C@@H]6CCCN6C(=O)C(NC(=O)[C@H](C)NC)C6CCCCC6)n5)c5ccccc45)CC3)nc3c2CCN(c2cc(O)cc4ccccc24)C3)CC1. The van der Waals surface area contributed by atoms with Crippen LogP contribution in [0.5, 0.6) is 17.5 Å². The van der Waals surface area contributed by atoms with Crippen LogP contribution in [0.1, 0.15) is 93.9 Å². The smallest absolute Gasteiger partial charge is 0.318 e. The number of amides is 3. The van der Waals surface area contributed by atoms with Crippen LogP contribution < -0.4 is 29.9 Å². The number of hydrogen-bond donors (Lipinski definition) is 3. The number of piperidine rings is 1. The standard InChI is InChI=1S/C69H90N10O10S/c1-5-63(81)76-30-32-77(33-31-76)65-57-25-29-78(61-43-51(80)42-50-16-9-10-17-53(50)61)45-58(57)72-69(74-65)89-47(2)44-75-27-23-52(24-28-75)87-40-38-85-36-34-84-35-37-86-39-41-88-62-22-21-55(54-18-11-12-19-56(54)62)59-46-90-67(71-59)60-20-13-26-79(60)68(83)64(49-14-7-6-8-15-49)73-66(82)48(3)70-4/h5,9-12,16-19,21-22,42-43,46-49,52,60,64,70,80H,1,6-8,13-15,20,23-41,44-45H2,2-4H3,(H,73,82)/t47-,48+,60+,64?/m1/s1. The number of phenolic OH excluding ortho intramolecular Hbond substituents is 1. The lowest BCUT2D eigenvalue weighted by molar-refractivity contribution is -0.139. The van der Waals surface area contributed by atoms with Crippen molar-refractivity contribution in [3.05, 3.63) is 107 Å². The molecule has 1 saturated carbocycles. The molecule has 4 fully saturated rings. The van der Waals surface area contributed by atoms with Gasteiger partial charge < -0.3 is 63.8 Å². The summed E-state index contributed by atoms with van der Waals surface area (Å²) in [5, 5.41) is 24.0. The van der Waals surface area contributed by atoms with Crippen molar-refractivity contribution in [2.24, 2.45) is 5.92 Å². The first-order valence-corrected chi connectivity index (χ1v) is 33.5. The molecule has 5 aliphatic rings. The molecule has 1 unspecified atom stereocenters. The van der Waals surface area contributed by atoms with Crippen molar-refractivity contribution in [2.75, 3.05) is 129 Å². The van der Waals surface area contributed by atoms with Crippen molar-refractivity contribution in [2.45, 2.75) is 115 Å². The molecule has 482 valence electrons. The number of aromatic hydroxyl groups is 1. The second kappa shape index (κ2) is 31.4. The number of carbonyl (C=O) groups excluding carboxylic acids is 3. The number of piperazine rings is 1. The first-order chi connectivity index (χ1) is 44.0. The minimum Gasteiger partial charge on any atom is -0.508 e. The zero-order chi connectivity index (χ0) is 62.3.